The van der Waals surface area contributed by atoms with Crippen molar-refractivity contribution >= 4 is 36.0 Å². The van der Waals surface area contributed by atoms with Crippen molar-refractivity contribution in [2.75, 3.05) is 39.2 Å². The first-order chi connectivity index (χ1) is 21.2. The van der Waals surface area contributed by atoms with Crippen LogP contribution >= 0.6 is 11.8 Å². The monoisotopic (exact) mass is 622 g/mol. The number of carbonyl (C=O) groups is 4. The Hall–Kier alpha value is -4.69. The first-order valence-electron chi connectivity index (χ1n) is 13.4. The van der Waals surface area contributed by atoms with Gasteiger partial charge in [-0.15, -0.1) is 18.2 Å². The topological polar surface area (TPSA) is 161 Å². The molecule has 44 heavy (non-hydrogen) atoms. The van der Waals surface area contributed by atoms with Gasteiger partial charge in [0.1, 0.15) is 23.5 Å². The Bertz CT molecular complexity index is 1460. The number of methoxy groups -OCH3 is 1. The number of terminal acetylenes is 1. The molecule has 1 unspecified atom stereocenters. The summed E-state index contributed by atoms with van der Waals surface area (Å²) >= 11 is 1.31. The number of halogens is 1. The maximum Gasteiger partial charge on any atom is 0.340 e. The van der Waals surface area contributed by atoms with Crippen LogP contribution in [-0.2, 0) is 35.0 Å². The average Bonchev–Trinajstić information content (AvgIpc) is 3.66. The molecule has 0 aliphatic carbocycles. The van der Waals surface area contributed by atoms with Gasteiger partial charge in [-0.05, 0) is 34.2 Å². The number of likely N-dealkylation sites (tertiary alicyclic amines) is 1. The number of hydrogen-bond donors (Lipinski definition) is 2. The Morgan fingerprint density at radius 2 is 1.89 bits per heavy atom. The third-order valence-electron chi connectivity index (χ3n) is 6.74. The van der Waals surface area contributed by atoms with Crippen molar-refractivity contribution in [3.63, 3.8) is 0 Å². The maximum absolute atomic E-state index is 14.4. The summed E-state index contributed by atoms with van der Waals surface area (Å²) in [5.74, 6) is -0.248. The molecule has 2 fully saturated rings. The molecule has 3 N–H and O–H groups in total. The van der Waals surface area contributed by atoms with E-state index in [4.69, 9.17) is 26.0 Å². The molecular formula is C31H31FN4O7S. The number of primary amides is 1. The average molecular weight is 623 g/mol. The summed E-state index contributed by atoms with van der Waals surface area (Å²) in [4.78, 5) is 48.2. The minimum absolute atomic E-state index is 0.0411. The Morgan fingerprint density at radius 1 is 1.23 bits per heavy atom. The van der Waals surface area contributed by atoms with E-state index in [0.29, 0.717) is 42.2 Å². The van der Waals surface area contributed by atoms with Gasteiger partial charge < -0.3 is 30.2 Å². The zero-order valence-corrected chi connectivity index (χ0v) is 24.7. The van der Waals surface area contributed by atoms with Crippen molar-refractivity contribution < 1.29 is 37.8 Å². The molecule has 230 valence electrons. The molecule has 1 atom stereocenters. The van der Waals surface area contributed by atoms with E-state index in [1.165, 1.54) is 35.9 Å². The molecule has 13 heteroatoms. The molecular weight excluding hydrogens is 591 g/mol. The van der Waals surface area contributed by atoms with E-state index < -0.39 is 23.6 Å². The second-order valence-electron chi connectivity index (χ2n) is 9.49. The second kappa shape index (κ2) is 16.2. The molecule has 2 aliphatic rings. The molecule has 0 radical (unpaired) electrons. The van der Waals surface area contributed by atoms with Crippen LogP contribution in [0.2, 0.25) is 0 Å². The molecule has 0 aromatic heterocycles. The summed E-state index contributed by atoms with van der Waals surface area (Å²) in [5, 5.41) is 13.3. The summed E-state index contributed by atoms with van der Waals surface area (Å²) in [5.41, 5.74) is 6.21. The molecule has 0 bridgehead atoms. The quantitative estimate of drug-likeness (QED) is 0.140. The van der Waals surface area contributed by atoms with Crippen molar-refractivity contribution in [3.8, 4) is 29.5 Å². The van der Waals surface area contributed by atoms with Gasteiger partial charge in [0.25, 0.3) is 0 Å². The Labute approximate surface area is 258 Å². The number of ether oxygens (including phenoxy) is 3. The van der Waals surface area contributed by atoms with E-state index in [1.807, 2.05) is 6.07 Å². The van der Waals surface area contributed by atoms with Crippen LogP contribution < -0.4 is 11.1 Å². The molecule has 2 saturated heterocycles. The van der Waals surface area contributed by atoms with Crippen molar-refractivity contribution in [2.45, 2.75) is 24.7 Å². The summed E-state index contributed by atoms with van der Waals surface area (Å²) in [6, 6.07) is 12.4. The molecule has 2 aromatic rings. The first-order valence-corrected chi connectivity index (χ1v) is 14.4. The SMILES string of the molecule is C#C/C(C#N)=C\SCCNC(=O)C1CC2(CN1C(=O)Cc1ccc(-c3ccc(C(=O)OC)c(F)c3)cc1)OCCO2.NC=O. The fourth-order valence-corrected chi connectivity index (χ4v) is 5.31. The number of hydrogen-bond acceptors (Lipinski definition) is 9. The van der Waals surface area contributed by atoms with Gasteiger partial charge in [-0.2, -0.15) is 5.26 Å². The highest BCUT2D eigenvalue weighted by atomic mass is 32.2. The highest BCUT2D eigenvalue weighted by Gasteiger charge is 2.52. The number of nitrogens with zero attached hydrogens (tertiary/aromatic N) is 2. The predicted octanol–water partition coefficient (Wildman–Crippen LogP) is 2.16. The number of rotatable bonds is 9. The van der Waals surface area contributed by atoms with Crippen LogP contribution in [0.4, 0.5) is 4.39 Å². The van der Waals surface area contributed by atoms with Gasteiger partial charge in [0.05, 0.1) is 38.9 Å². The number of esters is 1. The highest BCUT2D eigenvalue weighted by molar-refractivity contribution is 8.02. The third kappa shape index (κ3) is 8.67. The minimum atomic E-state index is -1.01. The van der Waals surface area contributed by atoms with E-state index in [2.05, 4.69) is 21.7 Å². The van der Waals surface area contributed by atoms with Gasteiger partial charge in [-0.1, -0.05) is 36.3 Å². The van der Waals surface area contributed by atoms with E-state index in [-0.39, 0.29) is 48.7 Å². The largest absolute Gasteiger partial charge is 0.465 e. The number of nitrogens with one attached hydrogen (secondary N) is 1. The highest BCUT2D eigenvalue weighted by Crippen LogP contribution is 2.35. The van der Waals surface area contributed by atoms with Crippen LogP contribution in [0.5, 0.6) is 0 Å². The van der Waals surface area contributed by atoms with E-state index in [1.54, 1.807) is 35.7 Å². The number of amides is 3. The lowest BCUT2D eigenvalue weighted by Crippen LogP contribution is -2.47. The minimum Gasteiger partial charge on any atom is -0.465 e. The summed E-state index contributed by atoms with van der Waals surface area (Å²) in [6.45, 7) is 1.23. The molecule has 2 aromatic carbocycles. The van der Waals surface area contributed by atoms with Gasteiger partial charge >= 0.3 is 5.97 Å². The standard InChI is InChI=1S/C30H28FN3O6S.CH3NO/c1-3-20(17-32)18-41-13-10-33-28(36)26-16-30(39-11-12-40-30)19-34(26)27(35)14-21-4-6-22(7-5-21)23-8-9-24(25(31)15-23)29(37)38-2;2-1-3/h1,4-9,15,18,26H,10-14,16,19H2,2H3,(H,33,36);1H,(H2,2,3)/b20-18+;. The third-order valence-corrected chi connectivity index (χ3v) is 7.58. The molecule has 3 amide bonds. The van der Waals surface area contributed by atoms with Crippen LogP contribution in [0.3, 0.4) is 0 Å². The van der Waals surface area contributed by atoms with Gasteiger partial charge in [0, 0.05) is 18.7 Å². The Kier molecular flexibility index (Phi) is 12.5. The summed E-state index contributed by atoms with van der Waals surface area (Å²) < 4.78 is 30.5. The fourth-order valence-electron chi connectivity index (χ4n) is 4.69. The predicted molar refractivity (Wildman–Crippen MR) is 160 cm³/mol. The zero-order valence-electron chi connectivity index (χ0n) is 23.9. The van der Waals surface area contributed by atoms with E-state index in [0.717, 1.165) is 0 Å². The van der Waals surface area contributed by atoms with Crippen LogP contribution in [-0.4, -0.2) is 80.1 Å². The van der Waals surface area contributed by atoms with Gasteiger partial charge in [0.2, 0.25) is 18.2 Å². The second-order valence-corrected chi connectivity index (χ2v) is 10.5. The lowest BCUT2D eigenvalue weighted by Gasteiger charge is -2.24. The van der Waals surface area contributed by atoms with Crippen LogP contribution in [0.25, 0.3) is 11.1 Å². The zero-order chi connectivity index (χ0) is 32.1. The van der Waals surface area contributed by atoms with Crippen molar-refractivity contribution in [1.29, 1.82) is 5.26 Å². The van der Waals surface area contributed by atoms with Crippen molar-refractivity contribution in [2.24, 2.45) is 5.73 Å². The van der Waals surface area contributed by atoms with Gasteiger partial charge in [-0.3, -0.25) is 14.4 Å². The van der Waals surface area contributed by atoms with Crippen molar-refractivity contribution in [1.82, 2.24) is 10.2 Å². The lowest BCUT2D eigenvalue weighted by atomic mass is 10.0. The molecule has 1 spiro atoms. The number of benzene rings is 2. The molecule has 0 saturated carbocycles. The lowest BCUT2D eigenvalue weighted by molar-refractivity contribution is -0.152. The van der Waals surface area contributed by atoms with Crippen molar-refractivity contribution in [3.05, 3.63) is 70.4 Å². The van der Waals surface area contributed by atoms with E-state index >= 15 is 0 Å². The Morgan fingerprint density at radius 3 is 2.48 bits per heavy atom. The van der Waals surface area contributed by atoms with Gasteiger partial charge in [-0.25, -0.2) is 9.18 Å². The van der Waals surface area contributed by atoms with Gasteiger partial charge in [0.15, 0.2) is 5.79 Å². The smallest absolute Gasteiger partial charge is 0.340 e. The number of nitriles is 1. The summed E-state index contributed by atoms with van der Waals surface area (Å²) in [7, 11) is 1.19. The molecule has 11 nitrogen and oxygen atoms in total. The van der Waals surface area contributed by atoms with Crippen LogP contribution in [0, 0.1) is 29.5 Å². The molecule has 4 rings (SSSR count). The van der Waals surface area contributed by atoms with Crippen LogP contribution in [0.1, 0.15) is 22.3 Å². The number of allylic oxidation sites excluding steroid dienone is 1. The molecule has 2 heterocycles. The first kappa shape index (κ1) is 33.8. The fraction of sp³-hybridized carbons (Fsp3) is 0.323. The summed E-state index contributed by atoms with van der Waals surface area (Å²) in [6.07, 6.45) is 5.74. The number of carbonyl (C=O) groups excluding carboxylic acids is 4. The number of thioether (sulfide) groups is 1. The van der Waals surface area contributed by atoms with Crippen LogP contribution in [0.15, 0.2) is 53.4 Å². The normalized spacial score (nSPS) is 16.7. The maximum atomic E-state index is 14.4. The Balaban J connectivity index is 0.00000169. The molecule has 2 aliphatic heterocycles. The number of nitrogens with two attached hydrogens (primary N) is 1. The van der Waals surface area contributed by atoms with E-state index in [9.17, 15) is 18.8 Å².